The Morgan fingerprint density at radius 3 is 1.23 bits per heavy atom. The molecule has 2 unspecified atom stereocenters. The summed E-state index contributed by atoms with van der Waals surface area (Å²) in [6.07, 6.45) is 6.19. The first-order valence-electron chi connectivity index (χ1n) is 16.8. The van der Waals surface area contributed by atoms with E-state index in [1.54, 1.807) is 20.8 Å². The molecule has 0 bridgehead atoms. The molecule has 0 aliphatic carbocycles. The number of carbonyl (C=O) groups excluding carboxylic acids is 3. The maximum absolute atomic E-state index is 11.6. The monoisotopic (exact) mass is 729 g/mol. The van der Waals surface area contributed by atoms with Gasteiger partial charge in [0, 0.05) is 28.5 Å². The number of rotatable bonds is 21. The third-order valence-electron chi connectivity index (χ3n) is 5.07. The molecule has 0 saturated carbocycles. The van der Waals surface area contributed by atoms with Crippen molar-refractivity contribution >= 4 is 34.5 Å². The predicted molar refractivity (Wildman–Crippen MR) is 186 cm³/mol. The van der Waals surface area contributed by atoms with Crippen molar-refractivity contribution in [3.63, 3.8) is 0 Å². The van der Waals surface area contributed by atoms with Gasteiger partial charge >= 0.3 is 34.5 Å². The van der Waals surface area contributed by atoms with Crippen LogP contribution < -0.4 is 5.32 Å². The van der Waals surface area contributed by atoms with Gasteiger partial charge in [-0.05, 0) is 122 Å². The highest BCUT2D eigenvalue weighted by molar-refractivity contribution is 7.33. The third-order valence-corrected chi connectivity index (χ3v) is 6.95. The number of esters is 2. The van der Waals surface area contributed by atoms with Gasteiger partial charge in [0.05, 0.1) is 0 Å². The molecule has 15 heteroatoms. The molecule has 0 aromatic carbocycles. The molecule has 48 heavy (non-hydrogen) atoms. The van der Waals surface area contributed by atoms with E-state index < -0.39 is 45.0 Å². The molecule has 0 heterocycles. The van der Waals surface area contributed by atoms with Crippen LogP contribution in [-0.2, 0) is 51.0 Å². The highest BCUT2D eigenvalue weighted by atomic mass is 31.1. The average molecular weight is 730 g/mol. The largest absolute Gasteiger partial charge is 0.697 e. The summed E-state index contributed by atoms with van der Waals surface area (Å²) in [6, 6.07) is 0. The van der Waals surface area contributed by atoms with E-state index >= 15 is 0 Å². The molecule has 0 aromatic heterocycles. The van der Waals surface area contributed by atoms with Gasteiger partial charge in [0.2, 0.25) is 0 Å². The molecular weight excluding hydrogens is 664 g/mol. The van der Waals surface area contributed by atoms with E-state index in [9.17, 15) is 23.5 Å². The molecule has 1 N–H and O–H groups in total. The van der Waals surface area contributed by atoms with Crippen molar-refractivity contribution in [2.24, 2.45) is 0 Å². The summed E-state index contributed by atoms with van der Waals surface area (Å²) in [7, 11) is -4.20. The molecule has 13 nitrogen and oxygen atoms in total. The SMILES string of the molecule is CC(C)(C)OC(=O)CCCCCO[P+](=O)OC(C)(C)C.CC(C)(C)OC(=O)CCCCCO[P+](=O)OCCCCNC(=O)OC(C)(C)C. The average Bonchev–Trinajstić information content (AvgIpc) is 2.86. The first kappa shape index (κ1) is 48.4. The summed E-state index contributed by atoms with van der Waals surface area (Å²) >= 11 is 0. The molecule has 0 aliphatic rings. The van der Waals surface area contributed by atoms with Crippen molar-refractivity contribution < 1.29 is 55.8 Å². The molecule has 0 radical (unpaired) electrons. The van der Waals surface area contributed by atoms with Crippen molar-refractivity contribution in [1.29, 1.82) is 0 Å². The van der Waals surface area contributed by atoms with Gasteiger partial charge in [-0.2, -0.15) is 0 Å². The molecule has 0 fully saturated rings. The summed E-state index contributed by atoms with van der Waals surface area (Å²) in [5, 5.41) is 2.65. The van der Waals surface area contributed by atoms with E-state index in [1.807, 2.05) is 62.3 Å². The fraction of sp³-hybridized carbons (Fsp3) is 0.909. The van der Waals surface area contributed by atoms with Gasteiger partial charge in [0.25, 0.3) is 0 Å². The van der Waals surface area contributed by atoms with Gasteiger partial charge in [0.15, 0.2) is 0 Å². The van der Waals surface area contributed by atoms with E-state index in [0.717, 1.165) is 25.7 Å². The van der Waals surface area contributed by atoms with Crippen molar-refractivity contribution in [3.05, 3.63) is 0 Å². The van der Waals surface area contributed by atoms with Crippen molar-refractivity contribution in [1.82, 2.24) is 5.32 Å². The molecule has 0 aliphatic heterocycles. The van der Waals surface area contributed by atoms with Crippen molar-refractivity contribution in [2.75, 3.05) is 26.4 Å². The maximum Gasteiger partial charge on any atom is 0.697 e. The Balaban J connectivity index is 0. The minimum atomic E-state index is -2.14. The van der Waals surface area contributed by atoms with E-state index in [-0.39, 0.29) is 11.9 Å². The number of alkyl carbamates (subject to hydrolysis) is 1. The van der Waals surface area contributed by atoms with Gasteiger partial charge in [-0.1, -0.05) is 12.8 Å². The Kier molecular flexibility index (Phi) is 25.4. The zero-order valence-corrected chi connectivity index (χ0v) is 33.5. The number of unbranched alkanes of at least 4 members (excludes halogenated alkanes) is 5. The minimum Gasteiger partial charge on any atom is -0.460 e. The van der Waals surface area contributed by atoms with E-state index in [4.69, 9.17) is 32.3 Å². The van der Waals surface area contributed by atoms with Crippen LogP contribution in [-0.4, -0.2) is 66.8 Å². The molecular formula is C33H65NO12P2+2. The van der Waals surface area contributed by atoms with E-state index in [0.29, 0.717) is 64.9 Å². The normalized spacial score (nSPS) is 12.8. The summed E-state index contributed by atoms with van der Waals surface area (Å²) in [5.74, 6) is -0.385. The number of ether oxygens (including phenoxy) is 3. The number of hydrogen-bond acceptors (Lipinski definition) is 12. The third kappa shape index (κ3) is 40.4. The minimum absolute atomic E-state index is 0.180. The molecule has 2 atom stereocenters. The standard InChI is InChI=1S/C19H36NO7P.C14H28O5P/c1-18(2,3)26-16(21)12-8-7-10-14-24-28(23)25-15-11-9-13-20-17(22)27-19(4,5)6;1-13(2,3)18-12(15)10-8-7-9-11-17-20(16)19-14(4,5)6/h7-15H2,1-6H3;7-11H2,1-6H3/q;+1/p+1. The second-order valence-corrected chi connectivity index (χ2v) is 16.9. The van der Waals surface area contributed by atoms with Crippen LogP contribution in [0.3, 0.4) is 0 Å². The van der Waals surface area contributed by atoms with Crippen molar-refractivity contribution in [3.8, 4) is 0 Å². The number of carbonyl (C=O) groups is 3. The number of amides is 1. The summed E-state index contributed by atoms with van der Waals surface area (Å²) < 4.78 is 58.9. The number of nitrogens with one attached hydrogen (secondary N) is 1. The summed E-state index contributed by atoms with van der Waals surface area (Å²) in [5.41, 5.74) is -1.87. The van der Waals surface area contributed by atoms with Crippen LogP contribution in [0, 0.1) is 0 Å². The second-order valence-electron chi connectivity index (χ2n) is 15.1. The molecule has 0 saturated heterocycles. The first-order valence-corrected chi connectivity index (χ1v) is 19.0. The smallest absolute Gasteiger partial charge is 0.460 e. The zero-order valence-electron chi connectivity index (χ0n) is 31.7. The lowest BCUT2D eigenvalue weighted by atomic mass is 10.1. The van der Waals surface area contributed by atoms with Crippen LogP contribution in [0.1, 0.15) is 147 Å². The van der Waals surface area contributed by atoms with Crippen LogP contribution in [0.5, 0.6) is 0 Å². The Hall–Kier alpha value is -1.75. The lowest BCUT2D eigenvalue weighted by molar-refractivity contribution is -0.156. The second kappa shape index (κ2) is 25.2. The zero-order chi connectivity index (χ0) is 37.4. The highest BCUT2D eigenvalue weighted by Gasteiger charge is 2.29. The van der Waals surface area contributed by atoms with Crippen LogP contribution in [0.25, 0.3) is 0 Å². The highest BCUT2D eigenvalue weighted by Crippen LogP contribution is 2.31. The predicted octanol–water partition coefficient (Wildman–Crippen LogP) is 9.26. The summed E-state index contributed by atoms with van der Waals surface area (Å²) in [4.78, 5) is 34.4. The van der Waals surface area contributed by atoms with Crippen LogP contribution in [0.15, 0.2) is 0 Å². The quantitative estimate of drug-likeness (QED) is 0.0517. The van der Waals surface area contributed by atoms with Gasteiger partial charge in [0.1, 0.15) is 42.2 Å². The lowest BCUT2D eigenvalue weighted by Crippen LogP contribution is -2.33. The van der Waals surface area contributed by atoms with Gasteiger partial charge in [-0.3, -0.25) is 9.59 Å². The van der Waals surface area contributed by atoms with Gasteiger partial charge in [-0.25, -0.2) is 4.79 Å². The number of hydrogen-bond donors (Lipinski definition) is 1. The maximum atomic E-state index is 11.6. The van der Waals surface area contributed by atoms with Gasteiger partial charge in [-0.15, -0.1) is 18.1 Å². The summed E-state index contributed by atoms with van der Waals surface area (Å²) in [6.45, 7) is 23.4. The van der Waals surface area contributed by atoms with E-state index in [2.05, 4.69) is 5.32 Å². The lowest BCUT2D eigenvalue weighted by Gasteiger charge is -2.19. The fourth-order valence-corrected chi connectivity index (χ4v) is 4.73. The molecule has 0 spiro atoms. The molecule has 282 valence electrons. The fourth-order valence-electron chi connectivity index (χ4n) is 3.32. The Morgan fingerprint density at radius 2 is 0.854 bits per heavy atom. The Bertz CT molecular complexity index is 874. The molecule has 0 rings (SSSR count). The van der Waals surface area contributed by atoms with Crippen LogP contribution >= 0.6 is 16.5 Å². The molecule has 0 aromatic rings. The van der Waals surface area contributed by atoms with Crippen LogP contribution in [0.2, 0.25) is 0 Å². The topological polar surface area (TPSA) is 162 Å². The molecule has 1 amide bonds. The van der Waals surface area contributed by atoms with Crippen LogP contribution in [0.4, 0.5) is 4.79 Å². The Morgan fingerprint density at radius 1 is 0.479 bits per heavy atom. The Labute approximate surface area is 291 Å². The van der Waals surface area contributed by atoms with Gasteiger partial charge < -0.3 is 19.5 Å². The first-order chi connectivity index (χ1) is 21.9. The van der Waals surface area contributed by atoms with Crippen molar-refractivity contribution in [2.45, 2.75) is 170 Å². The van der Waals surface area contributed by atoms with E-state index in [1.165, 1.54) is 0 Å².